The molecule has 5 rings (SSSR count). The van der Waals surface area contributed by atoms with Gasteiger partial charge in [0.2, 0.25) is 0 Å². The van der Waals surface area contributed by atoms with E-state index in [0.29, 0.717) is 23.5 Å². The Kier molecular flexibility index (Phi) is 5.99. The molecule has 5 aliphatic rings. The number of hydrogen-bond acceptors (Lipinski definition) is 2. The van der Waals surface area contributed by atoms with Crippen molar-refractivity contribution in [2.24, 2.45) is 50.7 Å². The molecule has 34 heavy (non-hydrogen) atoms. The highest BCUT2D eigenvalue weighted by atomic mass is 16.4. The van der Waals surface area contributed by atoms with Gasteiger partial charge in [0.25, 0.3) is 0 Å². The SMILES string of the molecule is C#C.CC1(C)CC[C@]2(C(=O)O)CCC3C(=CCC4[C@@]3(C)CCC3C(C)(C)C(=O)CC[C@@]34C)C2C1. The van der Waals surface area contributed by atoms with Crippen molar-refractivity contribution in [1.82, 2.24) is 0 Å². The van der Waals surface area contributed by atoms with Crippen molar-refractivity contribution in [3.63, 3.8) is 0 Å². The average molecular weight is 467 g/mol. The lowest BCUT2D eigenvalue weighted by molar-refractivity contribution is -0.174. The summed E-state index contributed by atoms with van der Waals surface area (Å²) in [6.07, 6.45) is 20.4. The smallest absolute Gasteiger partial charge is 0.310 e. The van der Waals surface area contributed by atoms with Gasteiger partial charge in [0.1, 0.15) is 5.78 Å². The third-order valence-electron chi connectivity index (χ3n) is 12.0. The second-order valence-corrected chi connectivity index (χ2v) is 14.2. The number of carbonyl (C=O) groups is 2. The normalized spacial score (nSPS) is 46.2. The maximum absolute atomic E-state index is 12.8. The van der Waals surface area contributed by atoms with Crippen molar-refractivity contribution < 1.29 is 14.7 Å². The fraction of sp³-hybridized carbons (Fsp3) is 0.806. The van der Waals surface area contributed by atoms with Gasteiger partial charge in [-0.25, -0.2) is 0 Å². The monoisotopic (exact) mass is 466 g/mol. The maximum Gasteiger partial charge on any atom is 0.310 e. The Hall–Kier alpha value is -1.56. The van der Waals surface area contributed by atoms with Crippen molar-refractivity contribution in [3.05, 3.63) is 11.6 Å². The fourth-order valence-corrected chi connectivity index (χ4v) is 10.1. The van der Waals surface area contributed by atoms with Gasteiger partial charge in [-0.3, -0.25) is 9.59 Å². The van der Waals surface area contributed by atoms with Gasteiger partial charge in [-0.15, -0.1) is 12.8 Å². The predicted molar refractivity (Wildman–Crippen MR) is 137 cm³/mol. The molecular weight excluding hydrogens is 420 g/mol. The second kappa shape index (κ2) is 7.97. The van der Waals surface area contributed by atoms with Gasteiger partial charge in [-0.1, -0.05) is 53.2 Å². The summed E-state index contributed by atoms with van der Waals surface area (Å²) in [5.74, 6) is 1.71. The number of carboxylic acids is 1. The quantitative estimate of drug-likeness (QED) is 0.326. The molecule has 0 aliphatic heterocycles. The van der Waals surface area contributed by atoms with Crippen LogP contribution in [0.3, 0.4) is 0 Å². The molecule has 7 atom stereocenters. The molecule has 1 N–H and O–H groups in total. The molecule has 0 radical (unpaired) electrons. The highest BCUT2D eigenvalue weighted by Gasteiger charge is 2.65. The highest BCUT2D eigenvalue weighted by Crippen LogP contribution is 2.71. The molecule has 0 bridgehead atoms. The van der Waals surface area contributed by atoms with E-state index in [1.807, 2.05) is 0 Å². The minimum absolute atomic E-state index is 0.204. The summed E-state index contributed by atoms with van der Waals surface area (Å²) in [6, 6.07) is 0. The zero-order chi connectivity index (χ0) is 25.3. The third-order valence-corrected chi connectivity index (χ3v) is 12.0. The van der Waals surface area contributed by atoms with E-state index in [-0.39, 0.29) is 27.6 Å². The molecule has 4 saturated carbocycles. The molecular formula is C31H46O3. The van der Waals surface area contributed by atoms with E-state index in [9.17, 15) is 14.7 Å². The van der Waals surface area contributed by atoms with Gasteiger partial charge in [0, 0.05) is 11.8 Å². The van der Waals surface area contributed by atoms with Gasteiger partial charge in [0.15, 0.2) is 0 Å². The molecule has 188 valence electrons. The highest BCUT2D eigenvalue weighted by molar-refractivity contribution is 5.85. The first-order valence-electron chi connectivity index (χ1n) is 13.6. The summed E-state index contributed by atoms with van der Waals surface area (Å²) in [5, 5.41) is 10.4. The Balaban J connectivity index is 0.00000133. The van der Waals surface area contributed by atoms with Gasteiger partial charge in [0.05, 0.1) is 5.41 Å². The summed E-state index contributed by atoms with van der Waals surface area (Å²) in [7, 11) is 0. The zero-order valence-electron chi connectivity index (χ0n) is 22.4. The Morgan fingerprint density at radius 1 is 0.882 bits per heavy atom. The Morgan fingerprint density at radius 2 is 1.56 bits per heavy atom. The zero-order valence-corrected chi connectivity index (χ0v) is 22.4. The number of hydrogen-bond donors (Lipinski definition) is 1. The first kappa shape index (κ1) is 25.5. The molecule has 0 amide bonds. The minimum atomic E-state index is -0.548. The van der Waals surface area contributed by atoms with E-state index >= 15 is 0 Å². The number of carboxylic acid groups (broad SMARTS) is 1. The Bertz CT molecular complexity index is 922. The number of fused-ring (bicyclic) bond motifs is 7. The van der Waals surface area contributed by atoms with E-state index in [2.05, 4.69) is 60.5 Å². The third kappa shape index (κ3) is 3.30. The van der Waals surface area contributed by atoms with Crippen LogP contribution in [-0.2, 0) is 9.59 Å². The molecule has 0 heterocycles. The Labute approximate surface area is 207 Å². The van der Waals surface area contributed by atoms with E-state index < -0.39 is 11.4 Å². The molecule has 0 aromatic heterocycles. The van der Waals surface area contributed by atoms with Crippen molar-refractivity contribution in [1.29, 1.82) is 0 Å². The number of carbonyl (C=O) groups excluding carboxylic acids is 1. The van der Waals surface area contributed by atoms with E-state index in [4.69, 9.17) is 0 Å². The van der Waals surface area contributed by atoms with Crippen LogP contribution in [-0.4, -0.2) is 16.9 Å². The largest absolute Gasteiger partial charge is 0.481 e. The predicted octanol–water partition coefficient (Wildman–Crippen LogP) is 7.30. The molecule has 4 fully saturated rings. The summed E-state index contributed by atoms with van der Waals surface area (Å²) < 4.78 is 0. The molecule has 0 spiro atoms. The van der Waals surface area contributed by atoms with Gasteiger partial charge in [-0.05, 0) is 97.7 Å². The maximum atomic E-state index is 12.8. The van der Waals surface area contributed by atoms with Crippen molar-refractivity contribution in [3.8, 4) is 12.8 Å². The van der Waals surface area contributed by atoms with Crippen LogP contribution >= 0.6 is 0 Å². The number of terminal acetylenes is 1. The number of aliphatic carboxylic acids is 1. The lowest BCUT2D eigenvalue weighted by Gasteiger charge is -2.67. The van der Waals surface area contributed by atoms with E-state index in [1.54, 1.807) is 0 Å². The minimum Gasteiger partial charge on any atom is -0.481 e. The van der Waals surface area contributed by atoms with Gasteiger partial charge >= 0.3 is 5.97 Å². The Morgan fingerprint density at radius 3 is 2.21 bits per heavy atom. The molecule has 0 saturated heterocycles. The van der Waals surface area contributed by atoms with Crippen LogP contribution in [0.25, 0.3) is 0 Å². The van der Waals surface area contributed by atoms with Crippen LogP contribution in [0.2, 0.25) is 0 Å². The van der Waals surface area contributed by atoms with Crippen LogP contribution < -0.4 is 0 Å². The fourth-order valence-electron chi connectivity index (χ4n) is 10.1. The topological polar surface area (TPSA) is 54.4 Å². The number of ketones is 1. The van der Waals surface area contributed by atoms with Crippen LogP contribution in [0, 0.1) is 63.6 Å². The van der Waals surface area contributed by atoms with Gasteiger partial charge < -0.3 is 5.11 Å². The van der Waals surface area contributed by atoms with E-state index in [1.165, 1.54) is 12.0 Å². The van der Waals surface area contributed by atoms with Crippen LogP contribution in [0.1, 0.15) is 106 Å². The summed E-state index contributed by atoms with van der Waals surface area (Å²) in [5.41, 5.74) is 1.43. The van der Waals surface area contributed by atoms with Crippen molar-refractivity contribution >= 4 is 11.8 Å². The van der Waals surface area contributed by atoms with Crippen LogP contribution in [0.15, 0.2) is 11.6 Å². The summed E-state index contributed by atoms with van der Waals surface area (Å²) >= 11 is 0. The molecule has 5 aliphatic carbocycles. The molecule has 3 nitrogen and oxygen atoms in total. The van der Waals surface area contributed by atoms with Gasteiger partial charge in [-0.2, -0.15) is 0 Å². The first-order chi connectivity index (χ1) is 15.8. The molecule has 0 aromatic rings. The summed E-state index contributed by atoms with van der Waals surface area (Å²) in [4.78, 5) is 25.5. The average Bonchev–Trinajstić information content (AvgIpc) is 2.77. The number of allylic oxidation sites excluding steroid dienone is 2. The molecule has 3 heteroatoms. The summed E-state index contributed by atoms with van der Waals surface area (Å²) in [6.45, 7) is 14.1. The molecule has 0 aromatic carbocycles. The second-order valence-electron chi connectivity index (χ2n) is 14.2. The molecule has 4 unspecified atom stereocenters. The van der Waals surface area contributed by atoms with Crippen molar-refractivity contribution in [2.45, 2.75) is 106 Å². The lowest BCUT2D eigenvalue weighted by Crippen LogP contribution is -2.61. The number of rotatable bonds is 1. The van der Waals surface area contributed by atoms with E-state index in [0.717, 1.165) is 57.8 Å². The van der Waals surface area contributed by atoms with Crippen LogP contribution in [0.4, 0.5) is 0 Å². The van der Waals surface area contributed by atoms with Crippen molar-refractivity contribution in [2.75, 3.05) is 0 Å². The van der Waals surface area contributed by atoms with Crippen LogP contribution in [0.5, 0.6) is 0 Å². The first-order valence-corrected chi connectivity index (χ1v) is 13.6. The standard InChI is InChI=1S/C29H44O3.C2H2/c1-25(2)15-16-29(24(31)32)14-9-19-18(20(29)17-25)7-8-22-27(19,5)12-10-21-26(3,4)23(30)11-13-28(21,22)6;1-2/h7,19-22H,8-17H2,1-6H3,(H,31,32);1-2H/t19?,20?,21?,22?,27-,28-,29+;/m0./s1. The number of Topliss-reactive ketones (excluding diaryl/α,β-unsaturated/α-hetero) is 1. The lowest BCUT2D eigenvalue weighted by atomic mass is 9.37.